The Labute approximate surface area is 95.4 Å². The number of carbonyl (C=O) groups excluding carboxylic acids is 1. The molecule has 88 valence electrons. The SMILES string of the molecule is Cc1oc(C(=O)N2CCCCC2)cc1CN. The van der Waals surface area contributed by atoms with Crippen LogP contribution in [0.3, 0.4) is 0 Å². The quantitative estimate of drug-likeness (QED) is 0.828. The lowest BCUT2D eigenvalue weighted by Gasteiger charge is -2.25. The molecular weight excluding hydrogens is 204 g/mol. The second-order valence-corrected chi connectivity index (χ2v) is 4.25. The third-order valence-corrected chi connectivity index (χ3v) is 3.09. The van der Waals surface area contributed by atoms with Gasteiger partial charge < -0.3 is 15.1 Å². The number of aryl methyl sites for hydroxylation is 1. The summed E-state index contributed by atoms with van der Waals surface area (Å²) in [4.78, 5) is 13.9. The van der Waals surface area contributed by atoms with Gasteiger partial charge >= 0.3 is 0 Å². The van der Waals surface area contributed by atoms with Gasteiger partial charge in [0.1, 0.15) is 5.76 Å². The molecule has 1 aromatic heterocycles. The van der Waals surface area contributed by atoms with Crippen LogP contribution in [0.4, 0.5) is 0 Å². The molecule has 0 aliphatic carbocycles. The van der Waals surface area contributed by atoms with E-state index >= 15 is 0 Å². The van der Waals surface area contributed by atoms with Crippen molar-refractivity contribution in [2.75, 3.05) is 13.1 Å². The van der Waals surface area contributed by atoms with Crippen LogP contribution in [-0.4, -0.2) is 23.9 Å². The molecule has 1 aliphatic rings. The lowest BCUT2D eigenvalue weighted by Crippen LogP contribution is -2.35. The molecule has 0 saturated carbocycles. The molecule has 16 heavy (non-hydrogen) atoms. The Morgan fingerprint density at radius 3 is 2.69 bits per heavy atom. The van der Waals surface area contributed by atoms with E-state index in [-0.39, 0.29) is 5.91 Å². The van der Waals surface area contributed by atoms with Crippen LogP contribution in [0.1, 0.15) is 41.1 Å². The van der Waals surface area contributed by atoms with E-state index in [0.717, 1.165) is 37.3 Å². The van der Waals surface area contributed by atoms with Crippen LogP contribution < -0.4 is 5.73 Å². The maximum absolute atomic E-state index is 12.1. The van der Waals surface area contributed by atoms with E-state index in [0.29, 0.717) is 12.3 Å². The normalized spacial score (nSPS) is 16.5. The Balaban J connectivity index is 2.13. The van der Waals surface area contributed by atoms with Crippen LogP contribution in [0.2, 0.25) is 0 Å². The van der Waals surface area contributed by atoms with Gasteiger partial charge in [0.05, 0.1) is 0 Å². The second-order valence-electron chi connectivity index (χ2n) is 4.25. The minimum absolute atomic E-state index is 0.00231. The summed E-state index contributed by atoms with van der Waals surface area (Å²) in [7, 11) is 0. The smallest absolute Gasteiger partial charge is 0.289 e. The minimum atomic E-state index is 0.00231. The van der Waals surface area contributed by atoms with E-state index in [9.17, 15) is 4.79 Å². The largest absolute Gasteiger partial charge is 0.456 e. The van der Waals surface area contributed by atoms with Gasteiger partial charge in [-0.15, -0.1) is 0 Å². The summed E-state index contributed by atoms with van der Waals surface area (Å²) in [5.41, 5.74) is 6.47. The van der Waals surface area contributed by atoms with E-state index in [1.165, 1.54) is 6.42 Å². The third kappa shape index (κ3) is 2.11. The molecule has 2 N–H and O–H groups in total. The summed E-state index contributed by atoms with van der Waals surface area (Å²) >= 11 is 0. The van der Waals surface area contributed by atoms with Gasteiger partial charge in [-0.25, -0.2) is 0 Å². The minimum Gasteiger partial charge on any atom is -0.456 e. The van der Waals surface area contributed by atoms with Crippen molar-refractivity contribution in [2.45, 2.75) is 32.7 Å². The average Bonchev–Trinajstić information content (AvgIpc) is 2.71. The molecule has 0 spiro atoms. The molecule has 2 heterocycles. The Morgan fingerprint density at radius 2 is 2.12 bits per heavy atom. The molecule has 0 atom stereocenters. The number of nitrogens with two attached hydrogens (primary N) is 1. The first kappa shape index (κ1) is 11.2. The zero-order chi connectivity index (χ0) is 11.5. The van der Waals surface area contributed by atoms with E-state index in [1.807, 2.05) is 11.8 Å². The van der Waals surface area contributed by atoms with Crippen molar-refractivity contribution in [1.82, 2.24) is 4.90 Å². The summed E-state index contributed by atoms with van der Waals surface area (Å²) in [5, 5.41) is 0. The highest BCUT2D eigenvalue weighted by molar-refractivity contribution is 5.91. The van der Waals surface area contributed by atoms with Gasteiger partial charge in [-0.05, 0) is 32.3 Å². The number of rotatable bonds is 2. The Hall–Kier alpha value is -1.29. The number of nitrogens with zero attached hydrogens (tertiary/aromatic N) is 1. The van der Waals surface area contributed by atoms with Crippen LogP contribution >= 0.6 is 0 Å². The molecule has 0 aromatic carbocycles. The molecule has 1 saturated heterocycles. The summed E-state index contributed by atoms with van der Waals surface area (Å²) in [6.07, 6.45) is 3.40. The number of piperidine rings is 1. The number of hydrogen-bond acceptors (Lipinski definition) is 3. The molecule has 0 bridgehead atoms. The summed E-state index contributed by atoms with van der Waals surface area (Å²) in [6.45, 7) is 3.95. The van der Waals surface area contributed by atoms with Crippen molar-refractivity contribution < 1.29 is 9.21 Å². The van der Waals surface area contributed by atoms with Gasteiger partial charge in [0.15, 0.2) is 5.76 Å². The van der Waals surface area contributed by atoms with Gasteiger partial charge in [-0.1, -0.05) is 0 Å². The highest BCUT2D eigenvalue weighted by Crippen LogP contribution is 2.18. The van der Waals surface area contributed by atoms with Crippen molar-refractivity contribution >= 4 is 5.91 Å². The van der Waals surface area contributed by atoms with Crippen LogP contribution in [0.15, 0.2) is 10.5 Å². The predicted molar refractivity (Wildman–Crippen MR) is 61.1 cm³/mol. The second kappa shape index (κ2) is 4.70. The van der Waals surface area contributed by atoms with Crippen LogP contribution in [0.25, 0.3) is 0 Å². The van der Waals surface area contributed by atoms with E-state index in [2.05, 4.69) is 0 Å². The van der Waals surface area contributed by atoms with Gasteiger partial charge in [0, 0.05) is 25.2 Å². The maximum atomic E-state index is 12.1. The van der Waals surface area contributed by atoms with Crippen molar-refractivity contribution in [1.29, 1.82) is 0 Å². The van der Waals surface area contributed by atoms with Gasteiger partial charge in [0.2, 0.25) is 0 Å². The van der Waals surface area contributed by atoms with E-state index in [4.69, 9.17) is 10.2 Å². The molecule has 4 heteroatoms. The average molecular weight is 222 g/mol. The number of hydrogen-bond donors (Lipinski definition) is 1. The fraction of sp³-hybridized carbons (Fsp3) is 0.583. The van der Waals surface area contributed by atoms with Crippen molar-refractivity contribution in [3.63, 3.8) is 0 Å². The van der Waals surface area contributed by atoms with Crippen molar-refractivity contribution in [3.8, 4) is 0 Å². The third-order valence-electron chi connectivity index (χ3n) is 3.09. The summed E-state index contributed by atoms with van der Waals surface area (Å²) in [6, 6.07) is 1.77. The first-order chi connectivity index (χ1) is 7.72. The Kier molecular flexibility index (Phi) is 3.29. The fourth-order valence-electron chi connectivity index (χ4n) is 2.08. The van der Waals surface area contributed by atoms with E-state index in [1.54, 1.807) is 6.07 Å². The topological polar surface area (TPSA) is 59.5 Å². The molecule has 2 rings (SSSR count). The first-order valence-electron chi connectivity index (χ1n) is 5.81. The number of amides is 1. The van der Waals surface area contributed by atoms with Crippen LogP contribution in [0.5, 0.6) is 0 Å². The van der Waals surface area contributed by atoms with Crippen molar-refractivity contribution in [2.24, 2.45) is 5.73 Å². The molecule has 4 nitrogen and oxygen atoms in total. The zero-order valence-corrected chi connectivity index (χ0v) is 9.66. The summed E-state index contributed by atoms with van der Waals surface area (Å²) < 4.78 is 5.45. The van der Waals surface area contributed by atoms with Gasteiger partial charge in [-0.2, -0.15) is 0 Å². The number of furan rings is 1. The molecule has 0 unspecified atom stereocenters. The van der Waals surface area contributed by atoms with Crippen LogP contribution in [0, 0.1) is 6.92 Å². The lowest BCUT2D eigenvalue weighted by atomic mass is 10.1. The highest BCUT2D eigenvalue weighted by atomic mass is 16.4. The summed E-state index contributed by atoms with van der Waals surface area (Å²) in [5.74, 6) is 1.19. The number of likely N-dealkylation sites (tertiary alicyclic amines) is 1. The fourth-order valence-corrected chi connectivity index (χ4v) is 2.08. The number of carbonyl (C=O) groups is 1. The molecule has 1 aromatic rings. The first-order valence-corrected chi connectivity index (χ1v) is 5.81. The zero-order valence-electron chi connectivity index (χ0n) is 9.66. The Bertz CT molecular complexity index is 378. The molecule has 1 amide bonds. The predicted octanol–water partition coefficient (Wildman–Crippen LogP) is 1.67. The molecular formula is C12H18N2O2. The highest BCUT2D eigenvalue weighted by Gasteiger charge is 2.21. The molecule has 1 fully saturated rings. The maximum Gasteiger partial charge on any atom is 0.289 e. The monoisotopic (exact) mass is 222 g/mol. The standard InChI is InChI=1S/C12H18N2O2/c1-9-10(8-13)7-11(16-9)12(15)14-5-3-2-4-6-14/h7H,2-6,8,13H2,1H3. The lowest BCUT2D eigenvalue weighted by molar-refractivity contribution is 0.0691. The Morgan fingerprint density at radius 1 is 1.44 bits per heavy atom. The van der Waals surface area contributed by atoms with Gasteiger partial charge in [-0.3, -0.25) is 4.79 Å². The van der Waals surface area contributed by atoms with Crippen LogP contribution in [-0.2, 0) is 6.54 Å². The molecule has 1 aliphatic heterocycles. The van der Waals surface area contributed by atoms with Crippen molar-refractivity contribution in [3.05, 3.63) is 23.2 Å². The molecule has 0 radical (unpaired) electrons. The van der Waals surface area contributed by atoms with Gasteiger partial charge in [0.25, 0.3) is 5.91 Å². The van der Waals surface area contributed by atoms with E-state index < -0.39 is 0 Å².